The van der Waals surface area contributed by atoms with Crippen molar-refractivity contribution in [3.05, 3.63) is 44.7 Å². The average molecular weight is 353 g/mol. The van der Waals surface area contributed by atoms with Gasteiger partial charge in [0.15, 0.2) is 0 Å². The SMILES string of the molecule is Cc1nc(NC(=O)c2cc3sccc3s2)ccc1Br. The number of carbonyl (C=O) groups excluding carboxylic acids is 1. The largest absolute Gasteiger partial charge is 0.306 e. The Labute approximate surface area is 126 Å². The zero-order chi connectivity index (χ0) is 13.4. The summed E-state index contributed by atoms with van der Waals surface area (Å²) in [5, 5.41) is 4.85. The third-order valence-corrected chi connectivity index (χ3v) is 5.56. The van der Waals surface area contributed by atoms with E-state index in [4.69, 9.17) is 0 Å². The van der Waals surface area contributed by atoms with E-state index in [1.807, 2.05) is 30.5 Å². The first-order chi connectivity index (χ1) is 9.13. The highest BCUT2D eigenvalue weighted by atomic mass is 79.9. The number of anilines is 1. The molecule has 0 radical (unpaired) electrons. The van der Waals surface area contributed by atoms with Crippen molar-refractivity contribution in [2.45, 2.75) is 6.92 Å². The van der Waals surface area contributed by atoms with E-state index >= 15 is 0 Å². The molecule has 0 aliphatic rings. The zero-order valence-electron chi connectivity index (χ0n) is 9.94. The fourth-order valence-corrected chi connectivity index (χ4v) is 3.89. The van der Waals surface area contributed by atoms with Gasteiger partial charge in [-0.3, -0.25) is 4.79 Å². The lowest BCUT2D eigenvalue weighted by Crippen LogP contribution is -2.11. The molecule has 0 aliphatic heterocycles. The Balaban J connectivity index is 1.84. The van der Waals surface area contributed by atoms with Gasteiger partial charge in [-0.2, -0.15) is 0 Å². The van der Waals surface area contributed by atoms with Crippen LogP contribution in [-0.4, -0.2) is 10.9 Å². The van der Waals surface area contributed by atoms with Gasteiger partial charge in [-0.05, 0) is 52.5 Å². The molecular formula is C13H9BrN2OS2. The minimum Gasteiger partial charge on any atom is -0.306 e. The Hall–Kier alpha value is -1.24. The van der Waals surface area contributed by atoms with Crippen LogP contribution in [0.4, 0.5) is 5.82 Å². The molecule has 0 atom stereocenters. The Morgan fingerprint density at radius 2 is 2.16 bits per heavy atom. The molecule has 3 heterocycles. The number of nitrogens with zero attached hydrogens (tertiary/aromatic N) is 1. The second-order valence-corrected chi connectivity index (χ2v) is 6.86. The number of halogens is 1. The monoisotopic (exact) mass is 352 g/mol. The summed E-state index contributed by atoms with van der Waals surface area (Å²) in [6.07, 6.45) is 0. The van der Waals surface area contributed by atoms with Crippen LogP contribution in [0.3, 0.4) is 0 Å². The van der Waals surface area contributed by atoms with Crippen molar-refractivity contribution < 1.29 is 4.79 Å². The molecule has 1 amide bonds. The van der Waals surface area contributed by atoms with E-state index in [0.717, 1.165) is 19.6 Å². The molecule has 3 aromatic heterocycles. The van der Waals surface area contributed by atoms with Gasteiger partial charge in [-0.25, -0.2) is 4.98 Å². The lowest BCUT2D eigenvalue weighted by molar-refractivity contribution is 0.103. The van der Waals surface area contributed by atoms with Gasteiger partial charge in [0.2, 0.25) is 0 Å². The Bertz CT molecular complexity index is 734. The van der Waals surface area contributed by atoms with Crippen molar-refractivity contribution in [2.75, 3.05) is 5.32 Å². The summed E-state index contributed by atoms with van der Waals surface area (Å²) in [5.41, 5.74) is 0.852. The van der Waals surface area contributed by atoms with Crippen molar-refractivity contribution >= 4 is 59.7 Å². The number of thiophene rings is 2. The number of rotatable bonds is 2. The predicted octanol–water partition coefficient (Wildman–Crippen LogP) is 4.68. The Morgan fingerprint density at radius 1 is 1.32 bits per heavy atom. The van der Waals surface area contributed by atoms with Crippen LogP contribution in [0.1, 0.15) is 15.4 Å². The van der Waals surface area contributed by atoms with Gasteiger partial charge in [0.05, 0.1) is 10.6 Å². The van der Waals surface area contributed by atoms with Crippen LogP contribution in [0, 0.1) is 6.92 Å². The summed E-state index contributed by atoms with van der Waals surface area (Å²) in [7, 11) is 0. The van der Waals surface area contributed by atoms with E-state index in [1.165, 1.54) is 11.3 Å². The molecule has 0 aromatic carbocycles. The van der Waals surface area contributed by atoms with E-state index in [2.05, 4.69) is 26.2 Å². The van der Waals surface area contributed by atoms with Crippen LogP contribution in [-0.2, 0) is 0 Å². The number of hydrogen-bond acceptors (Lipinski definition) is 4. The fraction of sp³-hybridized carbons (Fsp3) is 0.0769. The minimum absolute atomic E-state index is 0.109. The minimum atomic E-state index is -0.109. The summed E-state index contributed by atoms with van der Waals surface area (Å²) in [4.78, 5) is 17.2. The number of nitrogens with one attached hydrogen (secondary N) is 1. The molecule has 0 aliphatic carbocycles. The van der Waals surface area contributed by atoms with Crippen LogP contribution < -0.4 is 5.32 Å². The smallest absolute Gasteiger partial charge is 0.266 e. The van der Waals surface area contributed by atoms with Gasteiger partial charge in [0, 0.05) is 13.9 Å². The van der Waals surface area contributed by atoms with Crippen molar-refractivity contribution in [3.63, 3.8) is 0 Å². The summed E-state index contributed by atoms with van der Waals surface area (Å²) in [6, 6.07) is 7.62. The molecule has 0 spiro atoms. The van der Waals surface area contributed by atoms with Crippen molar-refractivity contribution in [1.82, 2.24) is 4.98 Å². The molecule has 96 valence electrons. The van der Waals surface area contributed by atoms with Gasteiger partial charge in [0.25, 0.3) is 5.91 Å². The highest BCUT2D eigenvalue weighted by molar-refractivity contribution is 9.10. The number of hydrogen-bond donors (Lipinski definition) is 1. The van der Waals surface area contributed by atoms with Gasteiger partial charge < -0.3 is 5.32 Å². The third kappa shape index (κ3) is 2.56. The molecule has 6 heteroatoms. The normalized spacial score (nSPS) is 10.8. The van der Waals surface area contributed by atoms with Crippen LogP contribution in [0.25, 0.3) is 9.40 Å². The topological polar surface area (TPSA) is 42.0 Å². The van der Waals surface area contributed by atoms with Gasteiger partial charge >= 0.3 is 0 Å². The molecule has 0 saturated heterocycles. The number of fused-ring (bicyclic) bond motifs is 1. The van der Waals surface area contributed by atoms with Crippen LogP contribution in [0.5, 0.6) is 0 Å². The first-order valence-electron chi connectivity index (χ1n) is 5.55. The van der Waals surface area contributed by atoms with Crippen molar-refractivity contribution in [1.29, 1.82) is 0 Å². The Kier molecular flexibility index (Phi) is 3.38. The molecule has 3 nitrogen and oxygen atoms in total. The maximum Gasteiger partial charge on any atom is 0.266 e. The highest BCUT2D eigenvalue weighted by Crippen LogP contribution is 2.30. The number of amides is 1. The third-order valence-electron chi connectivity index (χ3n) is 2.63. The maximum atomic E-state index is 12.1. The molecule has 3 rings (SSSR count). The van der Waals surface area contributed by atoms with Crippen molar-refractivity contribution in [3.8, 4) is 0 Å². The second kappa shape index (κ2) is 5.03. The number of pyridine rings is 1. The lowest BCUT2D eigenvalue weighted by atomic mass is 10.3. The van der Waals surface area contributed by atoms with Gasteiger partial charge in [-0.1, -0.05) is 0 Å². The molecule has 0 unspecified atom stereocenters. The Morgan fingerprint density at radius 3 is 2.89 bits per heavy atom. The molecule has 3 aromatic rings. The fourth-order valence-electron chi connectivity index (χ4n) is 1.67. The molecular weight excluding hydrogens is 344 g/mol. The summed E-state index contributed by atoms with van der Waals surface area (Å²) in [6.45, 7) is 1.89. The van der Waals surface area contributed by atoms with E-state index < -0.39 is 0 Å². The molecule has 19 heavy (non-hydrogen) atoms. The van der Waals surface area contributed by atoms with E-state index in [9.17, 15) is 4.79 Å². The average Bonchev–Trinajstić information content (AvgIpc) is 2.94. The lowest BCUT2D eigenvalue weighted by Gasteiger charge is -2.04. The quantitative estimate of drug-likeness (QED) is 0.727. The van der Waals surface area contributed by atoms with Gasteiger partial charge in [-0.15, -0.1) is 22.7 Å². The van der Waals surface area contributed by atoms with Crippen LogP contribution >= 0.6 is 38.6 Å². The van der Waals surface area contributed by atoms with Crippen LogP contribution in [0.2, 0.25) is 0 Å². The molecule has 0 fully saturated rings. The summed E-state index contributed by atoms with van der Waals surface area (Å²) in [5.74, 6) is 0.463. The standard InChI is InChI=1S/C13H9BrN2OS2/c1-7-8(14)2-3-12(15-7)16-13(17)11-6-10-9(19-11)4-5-18-10/h2-6H,1H3,(H,15,16,17). The zero-order valence-corrected chi connectivity index (χ0v) is 13.2. The first-order valence-corrected chi connectivity index (χ1v) is 8.04. The van der Waals surface area contributed by atoms with Gasteiger partial charge in [0.1, 0.15) is 5.82 Å². The molecule has 0 bridgehead atoms. The van der Waals surface area contributed by atoms with E-state index in [1.54, 1.807) is 17.4 Å². The number of carbonyl (C=O) groups is 1. The molecule has 0 saturated carbocycles. The molecule has 1 N–H and O–H groups in total. The number of aryl methyl sites for hydroxylation is 1. The van der Waals surface area contributed by atoms with E-state index in [0.29, 0.717) is 10.7 Å². The summed E-state index contributed by atoms with van der Waals surface area (Å²) < 4.78 is 3.23. The highest BCUT2D eigenvalue weighted by Gasteiger charge is 2.12. The first kappa shape index (κ1) is 12.8. The maximum absolute atomic E-state index is 12.1. The van der Waals surface area contributed by atoms with Crippen molar-refractivity contribution in [2.24, 2.45) is 0 Å². The van der Waals surface area contributed by atoms with E-state index in [-0.39, 0.29) is 5.91 Å². The summed E-state index contributed by atoms with van der Waals surface area (Å²) >= 11 is 6.53. The predicted molar refractivity (Wildman–Crippen MR) is 84.3 cm³/mol. The second-order valence-electron chi connectivity index (χ2n) is 3.98. The van der Waals surface area contributed by atoms with Crippen LogP contribution in [0.15, 0.2) is 34.1 Å². The number of aromatic nitrogens is 1.